The van der Waals surface area contributed by atoms with Crippen molar-refractivity contribution in [3.8, 4) is 0 Å². The van der Waals surface area contributed by atoms with Crippen molar-refractivity contribution in [2.75, 3.05) is 13.7 Å². The van der Waals surface area contributed by atoms with Gasteiger partial charge < -0.3 is 9.84 Å². The first kappa shape index (κ1) is 20.2. The Morgan fingerprint density at radius 1 is 1.40 bits per heavy atom. The summed E-state index contributed by atoms with van der Waals surface area (Å²) < 4.78 is 46.2. The van der Waals surface area contributed by atoms with E-state index in [1.807, 2.05) is 13.8 Å². The van der Waals surface area contributed by atoms with Gasteiger partial charge in [-0.15, -0.1) is 11.3 Å². The molecule has 1 fully saturated rings. The molecule has 1 aliphatic rings. The lowest BCUT2D eigenvalue weighted by Gasteiger charge is -2.40. The van der Waals surface area contributed by atoms with Crippen molar-refractivity contribution >= 4 is 17.6 Å². The fourth-order valence-corrected chi connectivity index (χ4v) is 4.31. The van der Waals surface area contributed by atoms with Gasteiger partial charge in [0.25, 0.3) is 0 Å². The monoisotopic (exact) mass is 378 g/mol. The highest BCUT2D eigenvalue weighted by Crippen LogP contribution is 2.40. The van der Waals surface area contributed by atoms with Gasteiger partial charge in [0.2, 0.25) is 5.60 Å². The van der Waals surface area contributed by atoms with E-state index >= 15 is 0 Å². The number of methoxy groups -OCH3 is 1. The molecule has 1 unspecified atom stereocenters. The van der Waals surface area contributed by atoms with Crippen LogP contribution in [0.3, 0.4) is 0 Å². The molecule has 1 aliphatic heterocycles. The maximum Gasteiger partial charge on any atom is 0.427 e. The minimum absolute atomic E-state index is 0.107. The third-order valence-electron chi connectivity index (χ3n) is 5.16. The number of hydrogen-bond donors (Lipinski definition) is 1. The average molecular weight is 378 g/mol. The standard InChI is InChI=1S/C17H25F3N2O2S/c1-4-15(5-2,24-3)13-8-6-10-22(13)21-12-16(23,17(18,19)20)14-9-7-11-25-14/h7,9,11-13,23H,4-6,8,10H2,1-3H3/b21-12+/t13-,16?/m0/s1. The van der Waals surface area contributed by atoms with Crippen molar-refractivity contribution < 1.29 is 23.0 Å². The Kier molecular flexibility index (Phi) is 6.17. The largest absolute Gasteiger partial charge is 0.427 e. The van der Waals surface area contributed by atoms with Crippen LogP contribution >= 0.6 is 11.3 Å². The molecular weight excluding hydrogens is 353 g/mol. The Labute approximate surface area is 150 Å². The van der Waals surface area contributed by atoms with Gasteiger partial charge in [0, 0.05) is 13.7 Å². The third kappa shape index (κ3) is 3.71. The van der Waals surface area contributed by atoms with Crippen molar-refractivity contribution in [3.05, 3.63) is 22.4 Å². The summed E-state index contributed by atoms with van der Waals surface area (Å²) in [6.45, 7) is 4.56. The minimum atomic E-state index is -4.84. The van der Waals surface area contributed by atoms with Crippen molar-refractivity contribution in [1.29, 1.82) is 0 Å². The highest BCUT2D eigenvalue weighted by molar-refractivity contribution is 7.10. The molecule has 0 radical (unpaired) electrons. The number of nitrogens with zero attached hydrogens (tertiary/aromatic N) is 2. The number of aliphatic hydroxyl groups is 1. The van der Waals surface area contributed by atoms with E-state index in [0.29, 0.717) is 12.8 Å². The summed E-state index contributed by atoms with van der Waals surface area (Å²) >= 11 is 0.855. The van der Waals surface area contributed by atoms with E-state index in [1.54, 1.807) is 12.1 Å². The molecule has 1 N–H and O–H groups in total. The lowest BCUT2D eigenvalue weighted by molar-refractivity contribution is -0.232. The zero-order valence-corrected chi connectivity index (χ0v) is 15.5. The second-order valence-corrected chi connectivity index (χ2v) is 7.23. The molecule has 0 spiro atoms. The number of halogens is 3. The molecule has 142 valence electrons. The Hall–Kier alpha value is -1.12. The van der Waals surface area contributed by atoms with Crippen molar-refractivity contribution in [2.24, 2.45) is 5.10 Å². The molecule has 1 saturated heterocycles. The number of hydrazone groups is 1. The Morgan fingerprint density at radius 3 is 2.56 bits per heavy atom. The number of alkyl halides is 3. The Balaban J connectivity index is 2.32. The molecule has 2 heterocycles. The molecule has 1 aromatic heterocycles. The van der Waals surface area contributed by atoms with Crippen molar-refractivity contribution in [1.82, 2.24) is 5.01 Å². The highest BCUT2D eigenvalue weighted by Gasteiger charge is 2.55. The Bertz CT molecular complexity index is 565. The first-order valence-electron chi connectivity index (χ1n) is 8.44. The molecule has 1 aromatic rings. The van der Waals surface area contributed by atoms with Crippen LogP contribution in [-0.4, -0.2) is 47.8 Å². The molecule has 2 atom stereocenters. The van der Waals surface area contributed by atoms with Gasteiger partial charge >= 0.3 is 6.18 Å². The summed E-state index contributed by atoms with van der Waals surface area (Å²) in [5.74, 6) is 0. The van der Waals surface area contributed by atoms with E-state index in [-0.39, 0.29) is 10.9 Å². The van der Waals surface area contributed by atoms with Crippen LogP contribution in [0.4, 0.5) is 13.2 Å². The molecule has 0 saturated carbocycles. The van der Waals surface area contributed by atoms with Gasteiger partial charge in [0.05, 0.1) is 22.7 Å². The van der Waals surface area contributed by atoms with Gasteiger partial charge in [0.15, 0.2) is 0 Å². The summed E-state index contributed by atoms with van der Waals surface area (Å²) in [5, 5.41) is 17.5. The molecular formula is C17H25F3N2O2S. The minimum Gasteiger partial charge on any atom is -0.376 e. The quantitative estimate of drug-likeness (QED) is 0.725. The zero-order chi connectivity index (χ0) is 18.7. The second-order valence-electron chi connectivity index (χ2n) is 6.28. The topological polar surface area (TPSA) is 45.1 Å². The van der Waals surface area contributed by atoms with Gasteiger partial charge in [-0.25, -0.2) is 0 Å². The first-order valence-corrected chi connectivity index (χ1v) is 9.32. The second kappa shape index (κ2) is 7.63. The summed E-state index contributed by atoms with van der Waals surface area (Å²) in [7, 11) is 1.63. The van der Waals surface area contributed by atoms with E-state index < -0.39 is 17.4 Å². The molecule has 4 nitrogen and oxygen atoms in total. The molecule has 0 amide bonds. The van der Waals surface area contributed by atoms with Crippen LogP contribution in [0.2, 0.25) is 0 Å². The number of rotatable bonds is 7. The maximum absolute atomic E-state index is 13.5. The third-order valence-corrected chi connectivity index (χ3v) is 6.15. The molecule has 8 heteroatoms. The zero-order valence-electron chi connectivity index (χ0n) is 14.7. The summed E-state index contributed by atoms with van der Waals surface area (Å²) in [5.41, 5.74) is -3.53. The maximum atomic E-state index is 13.5. The van der Waals surface area contributed by atoms with Crippen LogP contribution < -0.4 is 0 Å². The molecule has 0 aliphatic carbocycles. The highest BCUT2D eigenvalue weighted by atomic mass is 32.1. The lowest BCUT2D eigenvalue weighted by Crippen LogP contribution is -2.49. The van der Waals surface area contributed by atoms with Crippen molar-refractivity contribution in [2.45, 2.75) is 63.0 Å². The SMILES string of the molecule is CCC(CC)(OC)[C@@H]1CCCN1/N=C/C(O)(c1cccs1)C(F)(F)F. The smallest absolute Gasteiger partial charge is 0.376 e. The van der Waals surface area contributed by atoms with Gasteiger partial charge in [-0.1, -0.05) is 19.9 Å². The molecule has 2 rings (SSSR count). The van der Waals surface area contributed by atoms with E-state index in [0.717, 1.165) is 37.0 Å². The lowest BCUT2D eigenvalue weighted by atomic mass is 9.87. The van der Waals surface area contributed by atoms with Gasteiger partial charge in [-0.3, -0.25) is 5.01 Å². The van der Waals surface area contributed by atoms with E-state index in [2.05, 4.69) is 5.10 Å². The fraction of sp³-hybridized carbons (Fsp3) is 0.706. The van der Waals surface area contributed by atoms with Crippen LogP contribution in [0.25, 0.3) is 0 Å². The van der Waals surface area contributed by atoms with Crippen LogP contribution in [0.15, 0.2) is 22.6 Å². The van der Waals surface area contributed by atoms with Gasteiger partial charge in [-0.05, 0) is 37.1 Å². The molecule has 0 aromatic carbocycles. The normalized spacial score (nSPS) is 21.9. The van der Waals surface area contributed by atoms with E-state index in [9.17, 15) is 18.3 Å². The number of ether oxygens (including phenoxy) is 1. The number of thiophene rings is 1. The van der Waals surface area contributed by atoms with E-state index in [1.165, 1.54) is 17.5 Å². The molecule has 0 bridgehead atoms. The van der Waals surface area contributed by atoms with Gasteiger partial charge in [0.1, 0.15) is 0 Å². The van der Waals surface area contributed by atoms with Crippen molar-refractivity contribution in [3.63, 3.8) is 0 Å². The predicted molar refractivity (Wildman–Crippen MR) is 92.8 cm³/mol. The van der Waals surface area contributed by atoms with Crippen LogP contribution in [0.5, 0.6) is 0 Å². The fourth-order valence-electron chi connectivity index (χ4n) is 3.50. The molecule has 25 heavy (non-hydrogen) atoms. The van der Waals surface area contributed by atoms with E-state index in [4.69, 9.17) is 4.74 Å². The summed E-state index contributed by atoms with van der Waals surface area (Å²) in [6, 6.07) is 2.64. The summed E-state index contributed by atoms with van der Waals surface area (Å²) in [4.78, 5) is -0.191. The van der Waals surface area contributed by atoms with Crippen LogP contribution in [0, 0.1) is 0 Å². The predicted octanol–water partition coefficient (Wildman–Crippen LogP) is 4.15. The van der Waals surface area contributed by atoms with Gasteiger partial charge in [-0.2, -0.15) is 18.3 Å². The number of hydrogen-bond acceptors (Lipinski definition) is 5. The Morgan fingerprint density at radius 2 is 2.08 bits per heavy atom. The van der Waals surface area contributed by atoms with Crippen LogP contribution in [0.1, 0.15) is 44.4 Å². The first-order chi connectivity index (χ1) is 11.7. The van der Waals surface area contributed by atoms with Crippen LogP contribution in [-0.2, 0) is 10.3 Å². The summed E-state index contributed by atoms with van der Waals surface area (Å²) in [6.07, 6.45) is -1.10. The average Bonchev–Trinajstić information content (AvgIpc) is 3.26.